The van der Waals surface area contributed by atoms with Crippen LogP contribution in [0.2, 0.25) is 0 Å². The fraction of sp³-hybridized carbons (Fsp3) is 0.500. The van der Waals surface area contributed by atoms with Gasteiger partial charge in [-0.3, -0.25) is 4.79 Å². The van der Waals surface area contributed by atoms with Gasteiger partial charge in [-0.25, -0.2) is 4.98 Å². The molecule has 1 aliphatic carbocycles. The summed E-state index contributed by atoms with van der Waals surface area (Å²) >= 11 is 0. The van der Waals surface area contributed by atoms with Crippen LogP contribution in [0.4, 0.5) is 0 Å². The van der Waals surface area contributed by atoms with E-state index in [1.807, 2.05) is 29.4 Å². The molecule has 0 saturated heterocycles. The maximum Gasteiger partial charge on any atom is 0.223 e. The molecular formula is C20H27N3O2. The largest absolute Gasteiger partial charge is 0.497 e. The van der Waals surface area contributed by atoms with Crippen LogP contribution in [-0.4, -0.2) is 33.5 Å². The molecule has 2 aromatic rings. The van der Waals surface area contributed by atoms with E-state index < -0.39 is 0 Å². The van der Waals surface area contributed by atoms with Crippen molar-refractivity contribution in [3.63, 3.8) is 0 Å². The molecule has 1 heterocycles. The van der Waals surface area contributed by atoms with Gasteiger partial charge in [-0.1, -0.05) is 26.0 Å². The Labute approximate surface area is 149 Å². The summed E-state index contributed by atoms with van der Waals surface area (Å²) in [6, 6.07) is 8.46. The second-order valence-electron chi connectivity index (χ2n) is 7.17. The molecule has 5 heteroatoms. The number of hydrogen-bond acceptors (Lipinski definition) is 3. The fourth-order valence-corrected chi connectivity index (χ4v) is 2.99. The Hall–Kier alpha value is -2.30. The molecule has 0 unspecified atom stereocenters. The number of benzene rings is 1. The minimum Gasteiger partial charge on any atom is -0.497 e. The van der Waals surface area contributed by atoms with Gasteiger partial charge in [0.25, 0.3) is 0 Å². The molecule has 5 nitrogen and oxygen atoms in total. The molecule has 1 saturated carbocycles. The van der Waals surface area contributed by atoms with Crippen molar-refractivity contribution in [2.45, 2.75) is 52.2 Å². The van der Waals surface area contributed by atoms with Crippen molar-refractivity contribution in [1.29, 1.82) is 0 Å². The van der Waals surface area contributed by atoms with Crippen LogP contribution in [0.15, 0.2) is 36.7 Å². The first kappa shape index (κ1) is 17.5. The zero-order chi connectivity index (χ0) is 17.8. The zero-order valence-corrected chi connectivity index (χ0v) is 15.3. The number of ether oxygens (including phenoxy) is 1. The molecule has 25 heavy (non-hydrogen) atoms. The second-order valence-corrected chi connectivity index (χ2v) is 7.17. The summed E-state index contributed by atoms with van der Waals surface area (Å²) in [4.78, 5) is 19.1. The number of methoxy groups -OCH3 is 1. The van der Waals surface area contributed by atoms with Crippen molar-refractivity contribution in [1.82, 2.24) is 14.5 Å². The molecule has 0 spiro atoms. The Morgan fingerprint density at radius 2 is 2.04 bits per heavy atom. The molecule has 3 rings (SSSR count). The van der Waals surface area contributed by atoms with Gasteiger partial charge in [0.1, 0.15) is 11.6 Å². The van der Waals surface area contributed by atoms with Gasteiger partial charge >= 0.3 is 0 Å². The number of carbonyl (C=O) groups is 1. The van der Waals surface area contributed by atoms with Crippen molar-refractivity contribution in [3.05, 3.63) is 48.0 Å². The molecule has 0 atom stereocenters. The first-order valence-corrected chi connectivity index (χ1v) is 8.99. The molecule has 1 fully saturated rings. The monoisotopic (exact) mass is 341 g/mol. The summed E-state index contributed by atoms with van der Waals surface area (Å²) in [7, 11) is 1.67. The van der Waals surface area contributed by atoms with E-state index in [-0.39, 0.29) is 5.91 Å². The molecule has 1 aliphatic rings. The average Bonchev–Trinajstić information content (AvgIpc) is 3.33. The zero-order valence-electron chi connectivity index (χ0n) is 15.3. The van der Waals surface area contributed by atoms with E-state index in [1.54, 1.807) is 7.11 Å². The van der Waals surface area contributed by atoms with Gasteiger partial charge in [0.2, 0.25) is 5.91 Å². The predicted molar refractivity (Wildman–Crippen MR) is 97.4 cm³/mol. The van der Waals surface area contributed by atoms with Crippen LogP contribution in [-0.2, 0) is 17.9 Å². The normalized spacial score (nSPS) is 13.9. The molecule has 1 aromatic heterocycles. The molecule has 0 bridgehead atoms. The number of imidazole rings is 1. The van der Waals surface area contributed by atoms with Gasteiger partial charge in [-0.15, -0.1) is 0 Å². The smallest absolute Gasteiger partial charge is 0.223 e. The lowest BCUT2D eigenvalue weighted by atomic mass is 10.1. The minimum atomic E-state index is 0.247. The van der Waals surface area contributed by atoms with Crippen LogP contribution in [0.5, 0.6) is 5.75 Å². The number of rotatable bonds is 8. The van der Waals surface area contributed by atoms with Crippen LogP contribution in [0.1, 0.15) is 44.5 Å². The van der Waals surface area contributed by atoms with Gasteiger partial charge < -0.3 is 14.2 Å². The van der Waals surface area contributed by atoms with Crippen LogP contribution in [0.3, 0.4) is 0 Å². The lowest BCUT2D eigenvalue weighted by Gasteiger charge is -2.23. The Balaban J connectivity index is 1.70. The van der Waals surface area contributed by atoms with Gasteiger partial charge in [-0.05, 0) is 36.5 Å². The van der Waals surface area contributed by atoms with Crippen molar-refractivity contribution >= 4 is 5.91 Å². The number of aromatic nitrogens is 2. The van der Waals surface area contributed by atoms with Crippen LogP contribution in [0, 0.1) is 5.92 Å². The van der Waals surface area contributed by atoms with Gasteiger partial charge in [0.15, 0.2) is 0 Å². The summed E-state index contributed by atoms with van der Waals surface area (Å²) in [5.74, 6) is 2.43. The summed E-state index contributed by atoms with van der Waals surface area (Å²) in [6.07, 6.45) is 6.64. The summed E-state index contributed by atoms with van der Waals surface area (Å²) in [6.45, 7) is 5.52. The van der Waals surface area contributed by atoms with E-state index in [4.69, 9.17) is 4.74 Å². The molecule has 0 N–H and O–H groups in total. The van der Waals surface area contributed by atoms with Crippen molar-refractivity contribution in [3.8, 4) is 5.75 Å². The number of amides is 1. The van der Waals surface area contributed by atoms with E-state index in [1.165, 1.54) is 5.56 Å². The van der Waals surface area contributed by atoms with Crippen molar-refractivity contribution in [2.24, 2.45) is 5.92 Å². The average molecular weight is 341 g/mol. The van der Waals surface area contributed by atoms with Gasteiger partial charge in [-0.2, -0.15) is 0 Å². The SMILES string of the molecule is COc1ccc(Cn2ccnc2CN(C(=O)CC(C)C)C2CC2)cc1. The Kier molecular flexibility index (Phi) is 5.41. The molecule has 134 valence electrons. The molecule has 0 aliphatic heterocycles. The third kappa shape index (κ3) is 4.62. The molecule has 1 amide bonds. The van der Waals surface area contributed by atoms with E-state index in [2.05, 4.69) is 35.5 Å². The lowest BCUT2D eigenvalue weighted by molar-refractivity contribution is -0.133. The molecular weight excluding hydrogens is 314 g/mol. The Morgan fingerprint density at radius 1 is 1.32 bits per heavy atom. The summed E-state index contributed by atoms with van der Waals surface area (Å²) < 4.78 is 7.33. The summed E-state index contributed by atoms with van der Waals surface area (Å²) in [5.41, 5.74) is 1.19. The predicted octanol–water partition coefficient (Wildman–Crippen LogP) is 3.48. The minimum absolute atomic E-state index is 0.247. The number of hydrogen-bond donors (Lipinski definition) is 0. The quantitative estimate of drug-likeness (QED) is 0.738. The third-order valence-corrected chi connectivity index (χ3v) is 4.52. The standard InChI is InChI=1S/C20H27N3O2/c1-15(2)12-20(24)23(17-6-7-17)14-19-21-10-11-22(19)13-16-4-8-18(25-3)9-5-16/h4-5,8-11,15,17H,6-7,12-14H2,1-3H3. The van der Waals surface area contributed by atoms with Crippen LogP contribution >= 0.6 is 0 Å². The summed E-state index contributed by atoms with van der Waals surface area (Å²) in [5, 5.41) is 0. The highest BCUT2D eigenvalue weighted by Gasteiger charge is 2.33. The first-order valence-electron chi connectivity index (χ1n) is 8.99. The van der Waals surface area contributed by atoms with Gasteiger partial charge in [0.05, 0.1) is 13.7 Å². The number of carbonyl (C=O) groups excluding carboxylic acids is 1. The van der Waals surface area contributed by atoms with E-state index in [0.29, 0.717) is 24.9 Å². The first-order chi connectivity index (χ1) is 12.1. The molecule has 1 aromatic carbocycles. The lowest BCUT2D eigenvalue weighted by Crippen LogP contribution is -2.34. The Bertz CT molecular complexity index is 702. The topological polar surface area (TPSA) is 47.4 Å². The maximum atomic E-state index is 12.6. The highest BCUT2D eigenvalue weighted by atomic mass is 16.5. The molecule has 0 radical (unpaired) electrons. The highest BCUT2D eigenvalue weighted by Crippen LogP contribution is 2.29. The number of nitrogens with zero attached hydrogens (tertiary/aromatic N) is 3. The van der Waals surface area contributed by atoms with E-state index in [9.17, 15) is 4.79 Å². The fourth-order valence-electron chi connectivity index (χ4n) is 2.99. The van der Waals surface area contributed by atoms with E-state index in [0.717, 1.165) is 31.0 Å². The van der Waals surface area contributed by atoms with Crippen LogP contribution in [0.25, 0.3) is 0 Å². The van der Waals surface area contributed by atoms with Crippen molar-refractivity contribution in [2.75, 3.05) is 7.11 Å². The Morgan fingerprint density at radius 3 is 2.64 bits per heavy atom. The maximum absolute atomic E-state index is 12.6. The second kappa shape index (κ2) is 7.72. The third-order valence-electron chi connectivity index (χ3n) is 4.52. The van der Waals surface area contributed by atoms with Crippen molar-refractivity contribution < 1.29 is 9.53 Å². The van der Waals surface area contributed by atoms with Gasteiger partial charge in [0, 0.05) is 31.4 Å². The van der Waals surface area contributed by atoms with E-state index >= 15 is 0 Å². The highest BCUT2D eigenvalue weighted by molar-refractivity contribution is 5.77. The van der Waals surface area contributed by atoms with Crippen LogP contribution < -0.4 is 4.74 Å².